The van der Waals surface area contributed by atoms with Crippen LogP contribution < -0.4 is 15.2 Å². The van der Waals surface area contributed by atoms with Crippen molar-refractivity contribution >= 4 is 15.9 Å². The minimum Gasteiger partial charge on any atom is -0.485 e. The molecule has 0 fully saturated rings. The first kappa shape index (κ1) is 13.4. The number of halogens is 1. The molecule has 2 aromatic rings. The third-order valence-electron chi connectivity index (χ3n) is 3.45. The zero-order valence-corrected chi connectivity index (χ0v) is 12.6. The summed E-state index contributed by atoms with van der Waals surface area (Å²) in [5.41, 5.74) is 8.30. The highest BCUT2D eigenvalue weighted by atomic mass is 79.9. The second kappa shape index (κ2) is 5.42. The standard InChI is InChI=1S/C15H15BrN2O2/c1-19-15-5-2-9(8-18-15)14-7-12(17)11-6-10(16)3-4-13(11)20-14/h2-6,8,12,14H,7,17H2,1H3/t12-,14?/m0/s1. The first-order chi connectivity index (χ1) is 9.67. The molecular weight excluding hydrogens is 320 g/mol. The van der Waals surface area contributed by atoms with E-state index in [1.54, 1.807) is 13.3 Å². The summed E-state index contributed by atoms with van der Waals surface area (Å²) < 4.78 is 12.1. The van der Waals surface area contributed by atoms with Crippen LogP contribution >= 0.6 is 15.9 Å². The van der Waals surface area contributed by atoms with Crippen LogP contribution in [-0.2, 0) is 0 Å². The van der Waals surface area contributed by atoms with Crippen LogP contribution in [0.15, 0.2) is 41.0 Å². The van der Waals surface area contributed by atoms with E-state index in [-0.39, 0.29) is 12.1 Å². The van der Waals surface area contributed by atoms with Crippen molar-refractivity contribution in [2.24, 2.45) is 5.73 Å². The van der Waals surface area contributed by atoms with Gasteiger partial charge in [0.2, 0.25) is 5.88 Å². The highest BCUT2D eigenvalue weighted by Crippen LogP contribution is 2.40. The van der Waals surface area contributed by atoms with Crippen molar-refractivity contribution in [1.82, 2.24) is 4.98 Å². The van der Waals surface area contributed by atoms with Crippen molar-refractivity contribution in [1.29, 1.82) is 0 Å². The van der Waals surface area contributed by atoms with Crippen LogP contribution in [0.25, 0.3) is 0 Å². The Kier molecular flexibility index (Phi) is 3.63. The largest absolute Gasteiger partial charge is 0.485 e. The third-order valence-corrected chi connectivity index (χ3v) is 3.94. The zero-order chi connectivity index (χ0) is 14.1. The van der Waals surface area contributed by atoms with Gasteiger partial charge >= 0.3 is 0 Å². The van der Waals surface area contributed by atoms with Crippen LogP contribution in [0, 0.1) is 0 Å². The Hall–Kier alpha value is -1.59. The maximum absolute atomic E-state index is 6.25. The molecule has 20 heavy (non-hydrogen) atoms. The van der Waals surface area contributed by atoms with Gasteiger partial charge in [0.1, 0.15) is 11.9 Å². The molecular formula is C15H15BrN2O2. The lowest BCUT2D eigenvalue weighted by molar-refractivity contribution is 0.161. The molecule has 1 aliphatic rings. The number of methoxy groups -OCH3 is 1. The minimum absolute atomic E-state index is 0.0386. The normalized spacial score (nSPS) is 20.9. The van der Waals surface area contributed by atoms with Crippen molar-refractivity contribution in [3.05, 3.63) is 52.1 Å². The summed E-state index contributed by atoms with van der Waals surface area (Å²) in [4.78, 5) is 4.22. The monoisotopic (exact) mass is 334 g/mol. The summed E-state index contributed by atoms with van der Waals surface area (Å²) in [7, 11) is 1.60. The molecule has 4 nitrogen and oxygen atoms in total. The maximum Gasteiger partial charge on any atom is 0.212 e. The Labute approximate surface area is 126 Å². The molecule has 2 N–H and O–H groups in total. The summed E-state index contributed by atoms with van der Waals surface area (Å²) in [6.45, 7) is 0. The highest BCUT2D eigenvalue weighted by Gasteiger charge is 2.27. The zero-order valence-electron chi connectivity index (χ0n) is 11.0. The van der Waals surface area contributed by atoms with Gasteiger partial charge in [0.05, 0.1) is 7.11 Å². The first-order valence-corrected chi connectivity index (χ1v) is 7.18. The summed E-state index contributed by atoms with van der Waals surface area (Å²) in [5.74, 6) is 1.44. The van der Waals surface area contributed by atoms with Gasteiger partial charge in [0.15, 0.2) is 0 Å². The predicted molar refractivity (Wildman–Crippen MR) is 79.8 cm³/mol. The summed E-state index contributed by atoms with van der Waals surface area (Å²) in [6, 6.07) is 9.68. The predicted octanol–water partition coefficient (Wildman–Crippen LogP) is 3.38. The topological polar surface area (TPSA) is 57.4 Å². The fourth-order valence-corrected chi connectivity index (χ4v) is 2.76. The molecule has 0 saturated heterocycles. The number of fused-ring (bicyclic) bond motifs is 1. The van der Waals surface area contributed by atoms with Crippen molar-refractivity contribution < 1.29 is 9.47 Å². The molecule has 0 saturated carbocycles. The average Bonchev–Trinajstić information content (AvgIpc) is 2.48. The van der Waals surface area contributed by atoms with E-state index in [9.17, 15) is 0 Å². The van der Waals surface area contributed by atoms with E-state index in [1.165, 1.54) is 0 Å². The molecule has 5 heteroatoms. The van der Waals surface area contributed by atoms with E-state index in [1.807, 2.05) is 30.3 Å². The Morgan fingerprint density at radius 1 is 1.35 bits per heavy atom. The molecule has 2 atom stereocenters. The maximum atomic E-state index is 6.25. The summed E-state index contributed by atoms with van der Waals surface area (Å²) >= 11 is 3.46. The van der Waals surface area contributed by atoms with Gasteiger partial charge in [0.25, 0.3) is 0 Å². The molecule has 0 aliphatic carbocycles. The lowest BCUT2D eigenvalue weighted by Crippen LogP contribution is -2.24. The van der Waals surface area contributed by atoms with E-state index in [2.05, 4.69) is 20.9 Å². The summed E-state index contributed by atoms with van der Waals surface area (Å²) in [5, 5.41) is 0. The number of hydrogen-bond acceptors (Lipinski definition) is 4. The smallest absolute Gasteiger partial charge is 0.212 e. The number of nitrogens with zero attached hydrogens (tertiary/aromatic N) is 1. The quantitative estimate of drug-likeness (QED) is 0.914. The number of aromatic nitrogens is 1. The van der Waals surface area contributed by atoms with Crippen LogP contribution in [-0.4, -0.2) is 12.1 Å². The second-order valence-corrected chi connectivity index (χ2v) is 5.68. The molecule has 2 heterocycles. The van der Waals surface area contributed by atoms with Crippen molar-refractivity contribution in [2.75, 3.05) is 7.11 Å². The Balaban J connectivity index is 1.88. The highest BCUT2D eigenvalue weighted by molar-refractivity contribution is 9.10. The van der Waals surface area contributed by atoms with Gasteiger partial charge in [-0.15, -0.1) is 0 Å². The molecule has 0 spiro atoms. The molecule has 1 aromatic carbocycles. The van der Waals surface area contributed by atoms with Gasteiger partial charge in [-0.3, -0.25) is 0 Å². The van der Waals surface area contributed by atoms with E-state index in [0.717, 1.165) is 27.8 Å². The second-order valence-electron chi connectivity index (χ2n) is 4.76. The first-order valence-electron chi connectivity index (χ1n) is 6.39. The minimum atomic E-state index is -0.0721. The van der Waals surface area contributed by atoms with Crippen molar-refractivity contribution in [3.8, 4) is 11.6 Å². The van der Waals surface area contributed by atoms with Gasteiger partial charge in [-0.1, -0.05) is 15.9 Å². The Morgan fingerprint density at radius 2 is 2.20 bits per heavy atom. The van der Waals surface area contributed by atoms with Crippen LogP contribution in [0.4, 0.5) is 0 Å². The number of hydrogen-bond donors (Lipinski definition) is 1. The van der Waals surface area contributed by atoms with Crippen LogP contribution in [0.3, 0.4) is 0 Å². The molecule has 0 amide bonds. The van der Waals surface area contributed by atoms with Crippen LogP contribution in [0.1, 0.15) is 29.7 Å². The number of pyridine rings is 1. The Morgan fingerprint density at radius 3 is 2.90 bits per heavy atom. The van der Waals surface area contributed by atoms with Crippen LogP contribution in [0.2, 0.25) is 0 Å². The van der Waals surface area contributed by atoms with E-state index >= 15 is 0 Å². The van der Waals surface area contributed by atoms with Gasteiger partial charge in [-0.25, -0.2) is 4.98 Å². The third kappa shape index (κ3) is 2.51. The molecule has 1 unspecified atom stereocenters. The fraction of sp³-hybridized carbons (Fsp3) is 0.267. The van der Waals surface area contributed by atoms with E-state index < -0.39 is 0 Å². The SMILES string of the molecule is COc1ccc(C2C[C@H](N)c3cc(Br)ccc3O2)cn1. The number of rotatable bonds is 2. The summed E-state index contributed by atoms with van der Waals surface area (Å²) in [6.07, 6.45) is 2.44. The van der Waals surface area contributed by atoms with Gasteiger partial charge in [-0.05, 0) is 24.3 Å². The van der Waals surface area contributed by atoms with Gasteiger partial charge in [-0.2, -0.15) is 0 Å². The molecule has 0 bridgehead atoms. The molecule has 104 valence electrons. The number of nitrogens with two attached hydrogens (primary N) is 1. The molecule has 1 aliphatic heterocycles. The molecule has 3 rings (SSSR count). The number of benzene rings is 1. The fourth-order valence-electron chi connectivity index (χ4n) is 2.38. The lowest BCUT2D eigenvalue weighted by Gasteiger charge is -2.30. The lowest BCUT2D eigenvalue weighted by atomic mass is 9.94. The van der Waals surface area contributed by atoms with E-state index in [0.29, 0.717) is 5.88 Å². The van der Waals surface area contributed by atoms with Gasteiger partial charge in [0, 0.05) is 40.3 Å². The Bertz CT molecular complexity index is 616. The van der Waals surface area contributed by atoms with Gasteiger partial charge < -0.3 is 15.2 Å². The van der Waals surface area contributed by atoms with Crippen molar-refractivity contribution in [2.45, 2.75) is 18.6 Å². The molecule has 0 radical (unpaired) electrons. The van der Waals surface area contributed by atoms with E-state index in [4.69, 9.17) is 15.2 Å². The average molecular weight is 335 g/mol. The van der Waals surface area contributed by atoms with Crippen LogP contribution in [0.5, 0.6) is 11.6 Å². The van der Waals surface area contributed by atoms with Crippen molar-refractivity contribution in [3.63, 3.8) is 0 Å². The number of ether oxygens (including phenoxy) is 2. The molecule has 1 aromatic heterocycles.